The second kappa shape index (κ2) is 8.90. The molecule has 1 N–H and O–H groups in total. The molecule has 0 atom stereocenters. The lowest BCUT2D eigenvalue weighted by Gasteiger charge is -2.18. The van der Waals surface area contributed by atoms with Crippen molar-refractivity contribution in [1.29, 1.82) is 0 Å². The van der Waals surface area contributed by atoms with Gasteiger partial charge in [-0.25, -0.2) is 4.99 Å². The molecule has 6 heteroatoms. The molecule has 0 bridgehead atoms. The molecular weight excluding hydrogens is 401 g/mol. The third kappa shape index (κ3) is 5.23. The van der Waals surface area contributed by atoms with Crippen molar-refractivity contribution in [2.75, 3.05) is 14.1 Å². The number of hydrogen-bond donors (Lipinski definition) is 1. The van der Waals surface area contributed by atoms with Gasteiger partial charge in [0.25, 0.3) is 0 Å². The Morgan fingerprint density at radius 1 is 1.22 bits per heavy atom. The molecule has 0 saturated heterocycles. The van der Waals surface area contributed by atoms with Gasteiger partial charge in [0, 0.05) is 38.9 Å². The largest absolute Gasteiger partial charge is 0.352 e. The lowest BCUT2D eigenvalue weighted by Crippen LogP contribution is -2.36. The summed E-state index contributed by atoms with van der Waals surface area (Å²) in [7, 11) is 5.97. The lowest BCUT2D eigenvalue weighted by atomic mass is 10.2. The molecule has 0 aliphatic carbocycles. The van der Waals surface area contributed by atoms with Crippen molar-refractivity contribution in [3.63, 3.8) is 0 Å². The van der Waals surface area contributed by atoms with Crippen LogP contribution in [-0.2, 0) is 20.1 Å². The molecule has 0 spiro atoms. The highest BCUT2D eigenvalue weighted by molar-refractivity contribution is 14.0. The molecule has 5 nitrogen and oxygen atoms in total. The molecule has 0 fully saturated rings. The number of nitrogens with zero attached hydrogens (tertiary/aromatic N) is 4. The molecule has 0 radical (unpaired) electrons. The Morgan fingerprint density at radius 2 is 1.87 bits per heavy atom. The van der Waals surface area contributed by atoms with Crippen LogP contribution in [0.25, 0.3) is 0 Å². The number of benzene rings is 1. The Morgan fingerprint density at radius 3 is 2.39 bits per heavy atom. The SMILES string of the molecule is Cc1nn(C)c(C)c1CNC(=NCc1ccccc1)N(C)C.I. The second-order valence-corrected chi connectivity index (χ2v) is 5.65. The van der Waals surface area contributed by atoms with Crippen LogP contribution in [0.4, 0.5) is 0 Å². The van der Waals surface area contributed by atoms with E-state index >= 15 is 0 Å². The smallest absolute Gasteiger partial charge is 0.194 e. The van der Waals surface area contributed by atoms with Crippen LogP contribution in [0, 0.1) is 13.8 Å². The maximum atomic E-state index is 4.68. The molecule has 0 aliphatic rings. The number of nitrogens with one attached hydrogen (secondary N) is 1. The third-order valence-corrected chi connectivity index (χ3v) is 3.76. The first-order chi connectivity index (χ1) is 10.5. The number of aryl methyl sites for hydroxylation is 2. The standard InChI is InChI=1S/C17H25N5.HI/c1-13-16(14(2)22(5)20-13)12-19-17(21(3)4)18-11-15-9-7-6-8-10-15;/h6-10H,11-12H2,1-5H3,(H,18,19);1H. The zero-order valence-corrected chi connectivity index (χ0v) is 16.8. The Hall–Kier alpha value is -1.57. The molecule has 23 heavy (non-hydrogen) atoms. The monoisotopic (exact) mass is 427 g/mol. The van der Waals surface area contributed by atoms with Gasteiger partial charge in [-0.3, -0.25) is 4.68 Å². The molecular formula is C17H26IN5. The van der Waals surface area contributed by atoms with Crippen molar-refractivity contribution in [3.8, 4) is 0 Å². The number of rotatable bonds is 4. The van der Waals surface area contributed by atoms with E-state index in [-0.39, 0.29) is 24.0 Å². The predicted molar refractivity (Wildman–Crippen MR) is 106 cm³/mol. The van der Waals surface area contributed by atoms with Crippen molar-refractivity contribution >= 4 is 29.9 Å². The van der Waals surface area contributed by atoms with Crippen LogP contribution in [0.15, 0.2) is 35.3 Å². The summed E-state index contributed by atoms with van der Waals surface area (Å²) in [5.41, 5.74) is 4.69. The number of hydrogen-bond acceptors (Lipinski definition) is 2. The first-order valence-corrected chi connectivity index (χ1v) is 7.47. The Bertz CT molecular complexity index is 647. The minimum absolute atomic E-state index is 0. The second-order valence-electron chi connectivity index (χ2n) is 5.65. The van der Waals surface area contributed by atoms with Gasteiger partial charge in [-0.15, -0.1) is 24.0 Å². The summed E-state index contributed by atoms with van der Waals surface area (Å²) in [4.78, 5) is 6.68. The molecule has 0 amide bonds. The number of halogens is 1. The van der Waals surface area contributed by atoms with Crippen LogP contribution in [0.3, 0.4) is 0 Å². The molecule has 0 saturated carbocycles. The summed E-state index contributed by atoms with van der Waals surface area (Å²) < 4.78 is 1.92. The van der Waals surface area contributed by atoms with Crippen molar-refractivity contribution in [2.45, 2.75) is 26.9 Å². The van der Waals surface area contributed by atoms with E-state index < -0.39 is 0 Å². The fourth-order valence-corrected chi connectivity index (χ4v) is 2.35. The zero-order valence-electron chi connectivity index (χ0n) is 14.5. The van der Waals surface area contributed by atoms with Crippen molar-refractivity contribution in [2.24, 2.45) is 12.0 Å². The molecule has 1 heterocycles. The van der Waals surface area contributed by atoms with E-state index in [1.165, 1.54) is 16.8 Å². The van der Waals surface area contributed by atoms with Crippen LogP contribution in [-0.4, -0.2) is 34.7 Å². The van der Waals surface area contributed by atoms with Crippen LogP contribution in [0.2, 0.25) is 0 Å². The van der Waals surface area contributed by atoms with Gasteiger partial charge in [-0.05, 0) is 19.4 Å². The summed E-state index contributed by atoms with van der Waals surface area (Å²) in [5.74, 6) is 0.881. The summed E-state index contributed by atoms with van der Waals surface area (Å²) in [6, 6.07) is 10.3. The average molecular weight is 427 g/mol. The van der Waals surface area contributed by atoms with Gasteiger partial charge >= 0.3 is 0 Å². The Labute approximate surface area is 155 Å². The van der Waals surface area contributed by atoms with Gasteiger partial charge in [-0.2, -0.15) is 5.10 Å². The average Bonchev–Trinajstić information content (AvgIpc) is 2.73. The van der Waals surface area contributed by atoms with E-state index in [0.29, 0.717) is 6.54 Å². The van der Waals surface area contributed by atoms with E-state index in [2.05, 4.69) is 34.5 Å². The maximum Gasteiger partial charge on any atom is 0.194 e. The molecule has 0 aliphatic heterocycles. The minimum Gasteiger partial charge on any atom is -0.352 e. The molecule has 2 rings (SSSR count). The van der Waals surface area contributed by atoms with Gasteiger partial charge in [-0.1, -0.05) is 30.3 Å². The minimum atomic E-state index is 0. The zero-order chi connectivity index (χ0) is 16.1. The number of guanidine groups is 1. The van der Waals surface area contributed by atoms with Crippen molar-refractivity contribution < 1.29 is 0 Å². The Balaban J connectivity index is 0.00000264. The molecule has 126 valence electrons. The normalized spacial score (nSPS) is 11.1. The van der Waals surface area contributed by atoms with Gasteiger partial charge < -0.3 is 10.2 Å². The van der Waals surface area contributed by atoms with E-state index in [1.54, 1.807) is 0 Å². The van der Waals surface area contributed by atoms with Gasteiger partial charge in [0.15, 0.2) is 5.96 Å². The highest BCUT2D eigenvalue weighted by Gasteiger charge is 2.10. The van der Waals surface area contributed by atoms with E-state index in [1.807, 2.05) is 55.8 Å². The Kier molecular flexibility index (Phi) is 7.54. The topological polar surface area (TPSA) is 45.5 Å². The highest BCUT2D eigenvalue weighted by atomic mass is 127. The summed E-state index contributed by atoms with van der Waals surface area (Å²) in [6.07, 6.45) is 0. The van der Waals surface area contributed by atoms with Gasteiger partial charge in [0.2, 0.25) is 0 Å². The molecule has 2 aromatic rings. The maximum absolute atomic E-state index is 4.68. The molecule has 0 unspecified atom stereocenters. The van der Waals surface area contributed by atoms with Crippen LogP contribution >= 0.6 is 24.0 Å². The third-order valence-electron chi connectivity index (χ3n) is 3.76. The number of aliphatic imine (C=N–C) groups is 1. The van der Waals surface area contributed by atoms with Gasteiger partial charge in [0.05, 0.1) is 12.2 Å². The fourth-order valence-electron chi connectivity index (χ4n) is 2.35. The first-order valence-electron chi connectivity index (χ1n) is 7.47. The summed E-state index contributed by atoms with van der Waals surface area (Å²) in [6.45, 7) is 5.54. The van der Waals surface area contributed by atoms with Crippen LogP contribution in [0.1, 0.15) is 22.5 Å². The summed E-state index contributed by atoms with van der Waals surface area (Å²) in [5, 5.41) is 7.87. The first kappa shape index (κ1) is 19.5. The van der Waals surface area contributed by atoms with Crippen molar-refractivity contribution in [1.82, 2.24) is 20.0 Å². The van der Waals surface area contributed by atoms with Crippen molar-refractivity contribution in [3.05, 3.63) is 52.8 Å². The van der Waals surface area contributed by atoms with E-state index in [0.717, 1.165) is 18.2 Å². The highest BCUT2D eigenvalue weighted by Crippen LogP contribution is 2.11. The van der Waals surface area contributed by atoms with E-state index in [9.17, 15) is 0 Å². The lowest BCUT2D eigenvalue weighted by molar-refractivity contribution is 0.578. The fraction of sp³-hybridized carbons (Fsp3) is 0.412. The predicted octanol–water partition coefficient (Wildman–Crippen LogP) is 2.86. The number of aromatic nitrogens is 2. The quantitative estimate of drug-likeness (QED) is 0.464. The molecule has 1 aromatic heterocycles. The molecule has 1 aromatic carbocycles. The van der Waals surface area contributed by atoms with Gasteiger partial charge in [0.1, 0.15) is 0 Å². The summed E-state index contributed by atoms with van der Waals surface area (Å²) >= 11 is 0. The van der Waals surface area contributed by atoms with E-state index in [4.69, 9.17) is 0 Å². The van der Waals surface area contributed by atoms with Crippen LogP contribution in [0.5, 0.6) is 0 Å². The van der Waals surface area contributed by atoms with Crippen LogP contribution < -0.4 is 5.32 Å².